The molecule has 0 unspecified atom stereocenters. The first-order chi connectivity index (χ1) is 6.07. The number of aromatic carboxylic acids is 1. The van der Waals surface area contributed by atoms with Crippen molar-refractivity contribution in [1.82, 2.24) is 0 Å². The maximum Gasteiger partial charge on any atom is 0.336 e. The van der Waals surface area contributed by atoms with Crippen LogP contribution in [0.5, 0.6) is 5.75 Å². The van der Waals surface area contributed by atoms with Crippen molar-refractivity contribution in [2.75, 3.05) is 7.11 Å². The molecule has 0 saturated heterocycles. The van der Waals surface area contributed by atoms with E-state index in [0.29, 0.717) is 14.7 Å². The minimum Gasteiger partial charge on any atom is -0.496 e. The van der Waals surface area contributed by atoms with Gasteiger partial charge in [0, 0.05) is 4.47 Å². The number of halogens is 2. The van der Waals surface area contributed by atoms with Crippen LogP contribution < -0.4 is 4.74 Å². The second kappa shape index (κ2) is 4.11. The zero-order valence-electron chi connectivity index (χ0n) is 6.67. The number of carboxylic acid groups (broad SMARTS) is 1. The lowest BCUT2D eigenvalue weighted by Crippen LogP contribution is -1.98. The van der Waals surface area contributed by atoms with Crippen molar-refractivity contribution >= 4 is 37.8 Å². The Kier molecular flexibility index (Phi) is 3.33. The summed E-state index contributed by atoms with van der Waals surface area (Å²) in [6, 6.07) is 3.08. The number of methoxy groups -OCH3 is 1. The number of hydrogen-bond acceptors (Lipinski definition) is 2. The van der Waals surface area contributed by atoms with E-state index in [9.17, 15) is 4.79 Å². The van der Waals surface area contributed by atoms with Crippen molar-refractivity contribution in [2.24, 2.45) is 0 Å². The SMILES string of the molecule is COc1ccc(C(=O)O)c(Br)c1Br. The highest BCUT2D eigenvalue weighted by atomic mass is 79.9. The molecule has 0 heterocycles. The molecule has 0 amide bonds. The molecule has 1 aromatic carbocycles. The van der Waals surface area contributed by atoms with E-state index in [4.69, 9.17) is 9.84 Å². The van der Waals surface area contributed by atoms with E-state index in [1.807, 2.05) is 0 Å². The average molecular weight is 310 g/mol. The maximum absolute atomic E-state index is 10.7. The molecule has 5 heteroatoms. The van der Waals surface area contributed by atoms with Crippen LogP contribution in [-0.4, -0.2) is 18.2 Å². The first kappa shape index (κ1) is 10.5. The molecule has 0 aliphatic carbocycles. The van der Waals surface area contributed by atoms with Gasteiger partial charge in [-0.15, -0.1) is 0 Å². The number of carbonyl (C=O) groups is 1. The van der Waals surface area contributed by atoms with Gasteiger partial charge in [-0.1, -0.05) is 0 Å². The number of ether oxygens (including phenoxy) is 1. The standard InChI is InChI=1S/C8H6Br2O3/c1-13-5-3-2-4(8(11)12)6(9)7(5)10/h2-3H,1H3,(H,11,12). The molecule has 0 radical (unpaired) electrons. The van der Waals surface area contributed by atoms with E-state index in [1.54, 1.807) is 6.07 Å². The molecule has 0 aliphatic heterocycles. The van der Waals surface area contributed by atoms with Crippen molar-refractivity contribution in [3.63, 3.8) is 0 Å². The van der Waals surface area contributed by atoms with Crippen LogP contribution in [0.15, 0.2) is 21.1 Å². The molecule has 0 atom stereocenters. The summed E-state index contributed by atoms with van der Waals surface area (Å²) in [5.41, 5.74) is 0.202. The Morgan fingerprint density at radius 2 is 2.00 bits per heavy atom. The Hall–Kier alpha value is -0.550. The van der Waals surface area contributed by atoms with E-state index in [0.717, 1.165) is 0 Å². The van der Waals surface area contributed by atoms with Gasteiger partial charge in [0.2, 0.25) is 0 Å². The summed E-state index contributed by atoms with van der Waals surface area (Å²) in [5.74, 6) is -0.382. The molecule has 0 spiro atoms. The number of carboxylic acids is 1. The molecule has 0 aliphatic rings. The minimum atomic E-state index is -0.977. The monoisotopic (exact) mass is 308 g/mol. The van der Waals surface area contributed by atoms with Gasteiger partial charge in [0.25, 0.3) is 0 Å². The summed E-state index contributed by atoms with van der Waals surface area (Å²) in [4.78, 5) is 10.7. The van der Waals surface area contributed by atoms with Gasteiger partial charge >= 0.3 is 5.97 Å². The lowest BCUT2D eigenvalue weighted by Gasteiger charge is -2.06. The molecule has 0 saturated carbocycles. The molecule has 13 heavy (non-hydrogen) atoms. The molecule has 0 fully saturated rings. The van der Waals surface area contributed by atoms with E-state index >= 15 is 0 Å². The van der Waals surface area contributed by atoms with Gasteiger partial charge in [-0.25, -0.2) is 4.79 Å². The van der Waals surface area contributed by atoms with E-state index in [-0.39, 0.29) is 5.56 Å². The van der Waals surface area contributed by atoms with Crippen LogP contribution in [0, 0.1) is 0 Å². The Morgan fingerprint density at radius 3 is 2.46 bits per heavy atom. The summed E-state index contributed by atoms with van der Waals surface area (Å²) >= 11 is 6.39. The fraction of sp³-hybridized carbons (Fsp3) is 0.125. The van der Waals surface area contributed by atoms with Crippen LogP contribution in [0.25, 0.3) is 0 Å². The third-order valence-electron chi connectivity index (χ3n) is 1.50. The van der Waals surface area contributed by atoms with Gasteiger partial charge in [0.05, 0.1) is 17.1 Å². The summed E-state index contributed by atoms with van der Waals surface area (Å²) in [7, 11) is 1.52. The number of rotatable bonds is 2. The van der Waals surface area contributed by atoms with E-state index in [2.05, 4.69) is 31.9 Å². The van der Waals surface area contributed by atoms with Crippen molar-refractivity contribution in [3.8, 4) is 5.75 Å². The quantitative estimate of drug-likeness (QED) is 0.913. The fourth-order valence-corrected chi connectivity index (χ4v) is 1.86. The van der Waals surface area contributed by atoms with Gasteiger partial charge in [-0.2, -0.15) is 0 Å². The molecule has 3 nitrogen and oxygen atoms in total. The molecule has 70 valence electrons. The Labute approximate surface area is 92.0 Å². The molecule has 0 bridgehead atoms. The van der Waals surface area contributed by atoms with Gasteiger partial charge in [0.1, 0.15) is 5.75 Å². The molecular formula is C8H6Br2O3. The van der Waals surface area contributed by atoms with Crippen molar-refractivity contribution in [1.29, 1.82) is 0 Å². The second-order valence-corrected chi connectivity index (χ2v) is 3.83. The van der Waals surface area contributed by atoms with Crippen molar-refractivity contribution < 1.29 is 14.6 Å². The fourth-order valence-electron chi connectivity index (χ4n) is 0.855. The average Bonchev–Trinajstić information content (AvgIpc) is 2.09. The van der Waals surface area contributed by atoms with Crippen LogP contribution in [0.3, 0.4) is 0 Å². The predicted octanol–water partition coefficient (Wildman–Crippen LogP) is 2.92. The normalized spacial score (nSPS) is 9.77. The number of benzene rings is 1. The topological polar surface area (TPSA) is 46.5 Å². The zero-order chi connectivity index (χ0) is 10.0. The van der Waals surface area contributed by atoms with Crippen LogP contribution in [0.4, 0.5) is 0 Å². The second-order valence-electron chi connectivity index (χ2n) is 2.25. The first-order valence-electron chi connectivity index (χ1n) is 3.33. The molecule has 0 aromatic heterocycles. The third-order valence-corrected chi connectivity index (χ3v) is 3.64. The Bertz CT molecular complexity index is 349. The molecule has 1 N–H and O–H groups in total. The summed E-state index contributed by atoms with van der Waals surface area (Å²) in [6.45, 7) is 0. The molecule has 1 rings (SSSR count). The van der Waals surface area contributed by atoms with Gasteiger partial charge in [0.15, 0.2) is 0 Å². The van der Waals surface area contributed by atoms with Crippen molar-refractivity contribution in [2.45, 2.75) is 0 Å². The highest BCUT2D eigenvalue weighted by Crippen LogP contribution is 2.34. The highest BCUT2D eigenvalue weighted by molar-refractivity contribution is 9.13. The van der Waals surface area contributed by atoms with Gasteiger partial charge in [-0.05, 0) is 44.0 Å². The van der Waals surface area contributed by atoms with Crippen LogP contribution in [-0.2, 0) is 0 Å². The Morgan fingerprint density at radius 1 is 1.38 bits per heavy atom. The van der Waals surface area contributed by atoms with Crippen LogP contribution in [0.2, 0.25) is 0 Å². The predicted molar refractivity (Wildman–Crippen MR) is 55.4 cm³/mol. The maximum atomic E-state index is 10.7. The van der Waals surface area contributed by atoms with Crippen LogP contribution in [0.1, 0.15) is 10.4 Å². The zero-order valence-corrected chi connectivity index (χ0v) is 9.85. The third kappa shape index (κ3) is 2.03. The number of hydrogen-bond donors (Lipinski definition) is 1. The van der Waals surface area contributed by atoms with E-state index in [1.165, 1.54) is 13.2 Å². The van der Waals surface area contributed by atoms with Gasteiger partial charge in [-0.3, -0.25) is 0 Å². The van der Waals surface area contributed by atoms with E-state index < -0.39 is 5.97 Å². The molecule has 1 aromatic rings. The Balaban J connectivity index is 3.31. The summed E-state index contributed by atoms with van der Waals surface area (Å²) in [5, 5.41) is 8.76. The van der Waals surface area contributed by atoms with Gasteiger partial charge < -0.3 is 9.84 Å². The summed E-state index contributed by atoms with van der Waals surface area (Å²) < 4.78 is 6.08. The summed E-state index contributed by atoms with van der Waals surface area (Å²) in [6.07, 6.45) is 0. The smallest absolute Gasteiger partial charge is 0.336 e. The highest BCUT2D eigenvalue weighted by Gasteiger charge is 2.13. The molecular weight excluding hydrogens is 304 g/mol. The lowest BCUT2D eigenvalue weighted by atomic mass is 10.2. The van der Waals surface area contributed by atoms with Crippen LogP contribution >= 0.6 is 31.9 Å². The lowest BCUT2D eigenvalue weighted by molar-refractivity contribution is 0.0696. The van der Waals surface area contributed by atoms with Crippen molar-refractivity contribution in [3.05, 3.63) is 26.6 Å². The minimum absolute atomic E-state index is 0.202. The first-order valence-corrected chi connectivity index (χ1v) is 4.91. The largest absolute Gasteiger partial charge is 0.496 e.